The van der Waals surface area contributed by atoms with E-state index in [0.717, 1.165) is 4.90 Å². The molecular weight excluding hydrogens is 1490 g/mol. The minimum absolute atomic E-state index is 0.000000000000000444. The Balaban J connectivity index is 0.00000208. The Labute approximate surface area is 504 Å². The zero-order valence-electron chi connectivity index (χ0n) is 43.6. The van der Waals surface area contributed by atoms with Crippen LogP contribution in [-0.4, -0.2) is 222 Å². The molecule has 0 aliphatic rings. The van der Waals surface area contributed by atoms with E-state index in [1.807, 2.05) is 14.2 Å². The average Bonchev–Trinajstić information content (AvgIpc) is 0.821. The minimum atomic E-state index is -7.10. The van der Waals surface area contributed by atoms with Gasteiger partial charge >= 0.3 is 92.9 Å². The zero-order chi connectivity index (χ0) is 73.5. The standard InChI is InChI=1S/C23H24F22N6O9.C8H8F11NO4.C3Cl3N3/c1-2-49(3-6-52)11-46-12(50(4-7-53)9-14(24,25)55-22(42,43)59-18(32,33)16(28,29)57-20(36,37)38)48-13(47-11)51(5-8-54)10-15(26,27)56-23(44,45)60-19(34,35)17(30,31)58-21(39,40)41;9-4(10,3-20-1-2-21)22-8(18,19)24-6(13,14)5(11,12)23-7(15,16)17;4-1-7-2(5)9-3(6)8-1/h52-54H,2-10H2,1H3;20-21H,1-3H2;. The van der Waals surface area contributed by atoms with Crippen LogP contribution < -0.4 is 20.0 Å². The summed E-state index contributed by atoms with van der Waals surface area (Å²) in [6, 6.07) is 0. The van der Waals surface area contributed by atoms with E-state index in [2.05, 4.69) is 44.1 Å². The molecule has 2 aromatic rings. The Morgan fingerprint density at radius 2 is 0.570 bits per heavy atom. The van der Waals surface area contributed by atoms with E-state index in [-0.39, 0.29) is 32.2 Å². The number of likely N-dealkylation sites (N-methyl/N-ethyl adjacent to an activating group) is 1. The van der Waals surface area contributed by atoms with Gasteiger partial charge in [-0.1, -0.05) is 0 Å². The van der Waals surface area contributed by atoms with Crippen molar-refractivity contribution in [3.8, 4) is 0 Å². The fourth-order valence-electron chi connectivity index (χ4n) is 5.01. The molecule has 0 spiro atoms. The SMILES string of the molecule is CCN(CCO)c1nc(N(CCO)CC(F)(F)OC(F)(F)OC(F)(F)C(F)(F)OC(F)(F)F)nc(N(CCO)CC(F)(F)OC(F)(F)OC(F)(F)C(F)(F)OC(F)(F)F)n1.Clc1nc(Cl)nc(Cl)n1.OCCNCC(F)(F)OC(F)(F)OC(F)(F)C(F)(F)OC(F)(F)F. The second-order valence-electron chi connectivity index (χ2n) is 15.5. The first-order valence-corrected chi connectivity index (χ1v) is 23.4. The summed E-state index contributed by atoms with van der Waals surface area (Å²) in [5, 5.41) is 37.9. The van der Waals surface area contributed by atoms with Crippen LogP contribution in [0.3, 0.4) is 0 Å². The smallest absolute Gasteiger partial charge is 0.395 e. The molecule has 2 heterocycles. The summed E-state index contributed by atoms with van der Waals surface area (Å²) < 4.78 is 448. The van der Waals surface area contributed by atoms with Crippen molar-refractivity contribution in [1.29, 1.82) is 0 Å². The third-order valence-corrected chi connectivity index (χ3v) is 8.66. The van der Waals surface area contributed by atoms with Crippen molar-refractivity contribution in [2.45, 2.75) is 99.9 Å². The van der Waals surface area contributed by atoms with Crippen LogP contribution in [-0.2, 0) is 42.6 Å². The molecule has 0 aliphatic heterocycles. The number of nitrogens with one attached hydrogen (secondary N) is 1. The lowest BCUT2D eigenvalue weighted by Crippen LogP contribution is -2.53. The molecule has 2 rings (SSSR count). The third kappa shape index (κ3) is 32.8. The van der Waals surface area contributed by atoms with Crippen LogP contribution >= 0.6 is 34.8 Å². The first-order valence-electron chi connectivity index (χ1n) is 22.2. The average molecular weight is 1520 g/mol. The molecule has 0 atom stereocenters. The van der Waals surface area contributed by atoms with Crippen LogP contribution in [0.5, 0.6) is 0 Å². The molecule has 0 aromatic carbocycles. The lowest BCUT2D eigenvalue weighted by Gasteiger charge is -2.33. The summed E-state index contributed by atoms with van der Waals surface area (Å²) in [6.45, 7) is -14.6. The van der Waals surface area contributed by atoms with Crippen LogP contribution in [0, 0.1) is 0 Å². The molecule has 0 saturated heterocycles. The van der Waals surface area contributed by atoms with Crippen molar-refractivity contribution in [3.05, 3.63) is 15.9 Å². The van der Waals surface area contributed by atoms with Crippen molar-refractivity contribution in [1.82, 2.24) is 35.2 Å². The largest absolute Gasteiger partial charge is 0.527 e. The van der Waals surface area contributed by atoms with Gasteiger partial charge in [-0.3, -0.25) is 0 Å². The van der Waals surface area contributed by atoms with Gasteiger partial charge in [-0.2, -0.15) is 109 Å². The molecule has 93 heavy (non-hydrogen) atoms. The van der Waals surface area contributed by atoms with Gasteiger partial charge in [-0.15, -0.1) is 65.9 Å². The van der Waals surface area contributed by atoms with Crippen LogP contribution in [0.1, 0.15) is 6.92 Å². The highest BCUT2D eigenvalue weighted by molar-refractivity contribution is 6.33. The normalized spacial score (nSPS) is 14.2. The van der Waals surface area contributed by atoms with Gasteiger partial charge in [0.1, 0.15) is 13.1 Å². The van der Waals surface area contributed by atoms with Gasteiger partial charge in [0.05, 0.1) is 33.0 Å². The number of aromatic nitrogens is 6. The highest BCUT2D eigenvalue weighted by atomic mass is 35.5. The van der Waals surface area contributed by atoms with E-state index in [1.54, 1.807) is 19.5 Å². The van der Waals surface area contributed by atoms with Gasteiger partial charge in [0.15, 0.2) is 0 Å². The predicted octanol–water partition coefficient (Wildman–Crippen LogP) is 9.38. The number of halogens is 36. The Morgan fingerprint density at radius 1 is 0.333 bits per heavy atom. The Bertz CT molecular complexity index is 2450. The van der Waals surface area contributed by atoms with Gasteiger partial charge in [-0.25, -0.2) is 42.6 Å². The van der Waals surface area contributed by atoms with Crippen LogP contribution in [0.15, 0.2) is 0 Å². The highest BCUT2D eigenvalue weighted by Gasteiger charge is 2.72. The third-order valence-electron chi connectivity index (χ3n) is 8.16. The summed E-state index contributed by atoms with van der Waals surface area (Å²) in [7, 11) is 0. The molecule has 0 amide bonds. The Morgan fingerprint density at radius 3 is 0.806 bits per heavy atom. The highest BCUT2D eigenvalue weighted by Crippen LogP contribution is 2.48. The minimum Gasteiger partial charge on any atom is -0.395 e. The number of aliphatic hydroxyl groups excluding tert-OH is 4. The topological polar surface area (TPSA) is 263 Å². The molecule has 548 valence electrons. The van der Waals surface area contributed by atoms with E-state index in [0.29, 0.717) is 0 Å². The second-order valence-corrected chi connectivity index (χ2v) is 16.5. The van der Waals surface area contributed by atoms with Crippen molar-refractivity contribution >= 4 is 52.6 Å². The van der Waals surface area contributed by atoms with Gasteiger partial charge in [0.2, 0.25) is 33.7 Å². The molecule has 0 radical (unpaired) electrons. The van der Waals surface area contributed by atoms with Crippen molar-refractivity contribution in [2.75, 3.05) is 93.5 Å². The fraction of sp³-hybridized carbons (Fsp3) is 0.824. The molecular formula is C34H32Cl3F33N10O13. The van der Waals surface area contributed by atoms with Gasteiger partial charge in [0.25, 0.3) is 0 Å². The number of hydrogen-bond donors (Lipinski definition) is 5. The van der Waals surface area contributed by atoms with E-state index in [9.17, 15) is 160 Å². The van der Waals surface area contributed by atoms with Crippen molar-refractivity contribution in [3.63, 3.8) is 0 Å². The molecule has 0 unspecified atom stereocenters. The molecule has 0 aliphatic carbocycles. The Kier molecular flexibility index (Phi) is 31.5. The molecule has 0 fully saturated rings. The predicted molar refractivity (Wildman–Crippen MR) is 226 cm³/mol. The number of ether oxygens (including phenoxy) is 9. The number of rotatable bonds is 36. The van der Waals surface area contributed by atoms with Gasteiger partial charge in [-0.05, 0) is 41.7 Å². The molecule has 23 nitrogen and oxygen atoms in total. The van der Waals surface area contributed by atoms with E-state index < -0.39 is 183 Å². The molecule has 5 N–H and O–H groups in total. The van der Waals surface area contributed by atoms with Crippen molar-refractivity contribution < 1.29 is 208 Å². The molecule has 2 aromatic heterocycles. The second kappa shape index (κ2) is 33.1. The van der Waals surface area contributed by atoms with Crippen LogP contribution in [0.4, 0.5) is 163 Å². The maximum absolute atomic E-state index is 14.7. The number of alkyl halides is 33. The summed E-state index contributed by atoms with van der Waals surface area (Å²) in [5.41, 5.74) is 0. The molecule has 59 heteroatoms. The van der Waals surface area contributed by atoms with E-state index >= 15 is 0 Å². The molecule has 0 bridgehead atoms. The zero-order valence-corrected chi connectivity index (χ0v) is 45.8. The van der Waals surface area contributed by atoms with Crippen molar-refractivity contribution in [2.24, 2.45) is 0 Å². The number of nitrogens with zero attached hydrogens (tertiary/aromatic N) is 9. The van der Waals surface area contributed by atoms with Crippen LogP contribution in [0.25, 0.3) is 0 Å². The summed E-state index contributed by atoms with van der Waals surface area (Å²) in [5.74, 6) is -3.97. The monoisotopic (exact) mass is 1520 g/mol. The first-order chi connectivity index (χ1) is 41.3. The van der Waals surface area contributed by atoms with Gasteiger partial charge < -0.3 is 40.4 Å². The van der Waals surface area contributed by atoms with Crippen LogP contribution in [0.2, 0.25) is 15.9 Å². The van der Waals surface area contributed by atoms with E-state index in [1.165, 1.54) is 6.92 Å². The number of hydrogen-bond acceptors (Lipinski definition) is 23. The van der Waals surface area contributed by atoms with E-state index in [4.69, 9.17) is 39.9 Å². The summed E-state index contributed by atoms with van der Waals surface area (Å²) in [6.07, 6.45) is -97.4. The lowest BCUT2D eigenvalue weighted by atomic mass is 10.4. The number of aliphatic hydroxyl groups is 4. The lowest BCUT2D eigenvalue weighted by molar-refractivity contribution is -0.571. The summed E-state index contributed by atoms with van der Waals surface area (Å²) >= 11 is 16.0. The first kappa shape index (κ1) is 88.4. The van der Waals surface area contributed by atoms with Gasteiger partial charge in [0, 0.05) is 32.7 Å². The molecule has 0 saturated carbocycles. The fourth-order valence-corrected chi connectivity index (χ4v) is 5.62. The maximum atomic E-state index is 14.7. The summed E-state index contributed by atoms with van der Waals surface area (Å²) in [4.78, 5) is 20.9. The number of anilines is 3. The Hall–Kier alpha value is -4.58. The quantitative estimate of drug-likeness (QED) is 0.0242. The maximum Gasteiger partial charge on any atom is 0.527 e.